The highest BCUT2D eigenvalue weighted by molar-refractivity contribution is 9.10. The van der Waals surface area contributed by atoms with Gasteiger partial charge in [-0.25, -0.2) is 4.98 Å². The van der Waals surface area contributed by atoms with Crippen molar-refractivity contribution in [3.63, 3.8) is 0 Å². The van der Waals surface area contributed by atoms with Crippen molar-refractivity contribution in [3.8, 4) is 0 Å². The number of aromatic nitrogens is 2. The summed E-state index contributed by atoms with van der Waals surface area (Å²) in [6, 6.07) is 8.14. The Bertz CT molecular complexity index is 424. The molecule has 0 unspecified atom stereocenters. The number of hydrogen-bond donors (Lipinski definition) is 1. The molecule has 5 heteroatoms. The van der Waals surface area contributed by atoms with Crippen molar-refractivity contribution < 1.29 is 0 Å². The van der Waals surface area contributed by atoms with Crippen molar-refractivity contribution in [2.24, 2.45) is 0 Å². The van der Waals surface area contributed by atoms with E-state index < -0.39 is 0 Å². The Morgan fingerprint density at radius 3 is 2.57 bits per heavy atom. The lowest BCUT2D eigenvalue weighted by Gasteiger charge is -1.96. The van der Waals surface area contributed by atoms with Crippen molar-refractivity contribution in [1.82, 2.24) is 9.36 Å². The molecule has 0 aliphatic carbocycles. The first-order valence-electron chi connectivity index (χ1n) is 4.06. The van der Waals surface area contributed by atoms with Crippen LogP contribution in [0.2, 0.25) is 0 Å². The van der Waals surface area contributed by atoms with Crippen LogP contribution < -0.4 is 5.73 Å². The molecule has 0 aliphatic heterocycles. The zero-order valence-corrected chi connectivity index (χ0v) is 9.68. The summed E-state index contributed by atoms with van der Waals surface area (Å²) in [6.45, 7) is 0. The fourth-order valence-electron chi connectivity index (χ4n) is 1.12. The number of hydrogen-bond acceptors (Lipinski definition) is 4. The first-order chi connectivity index (χ1) is 6.74. The number of halogens is 1. The van der Waals surface area contributed by atoms with Crippen LogP contribution >= 0.6 is 27.5 Å². The Hall–Kier alpha value is -0.940. The molecule has 0 saturated carbocycles. The summed E-state index contributed by atoms with van der Waals surface area (Å²) in [4.78, 5) is 4.10. The Morgan fingerprint density at radius 1 is 1.29 bits per heavy atom. The number of rotatable bonds is 2. The van der Waals surface area contributed by atoms with E-state index in [1.165, 1.54) is 17.1 Å². The zero-order valence-electron chi connectivity index (χ0n) is 7.27. The lowest BCUT2D eigenvalue weighted by molar-refractivity contribution is 1.13. The van der Waals surface area contributed by atoms with Gasteiger partial charge < -0.3 is 5.73 Å². The van der Waals surface area contributed by atoms with E-state index in [0.717, 1.165) is 15.9 Å². The Labute approximate surface area is 94.3 Å². The van der Waals surface area contributed by atoms with Crippen molar-refractivity contribution >= 4 is 33.4 Å². The Balaban J connectivity index is 2.15. The lowest BCUT2D eigenvalue weighted by Crippen LogP contribution is -1.89. The molecular weight excluding hydrogens is 262 g/mol. The molecule has 3 nitrogen and oxygen atoms in total. The standard InChI is InChI=1S/C9H8BrN3S/c10-7-3-1-6(2-4-7)5-8-12-9(11)13-14-8/h1-4H,5H2,(H2,11,13). The number of benzene rings is 1. The average Bonchev–Trinajstić information content (AvgIpc) is 2.56. The number of nitrogens with two attached hydrogens (primary N) is 1. The highest BCUT2D eigenvalue weighted by Gasteiger charge is 2.01. The predicted molar refractivity (Wildman–Crippen MR) is 61.3 cm³/mol. The molecule has 2 aromatic rings. The van der Waals surface area contributed by atoms with Gasteiger partial charge in [0.15, 0.2) is 0 Å². The largest absolute Gasteiger partial charge is 0.367 e. The summed E-state index contributed by atoms with van der Waals surface area (Å²) >= 11 is 4.74. The summed E-state index contributed by atoms with van der Waals surface area (Å²) in [5.41, 5.74) is 6.65. The monoisotopic (exact) mass is 269 g/mol. The molecule has 0 radical (unpaired) electrons. The second kappa shape index (κ2) is 4.06. The summed E-state index contributed by atoms with van der Waals surface area (Å²) in [7, 11) is 0. The van der Waals surface area contributed by atoms with Crippen LogP contribution in [0.4, 0.5) is 5.95 Å². The van der Waals surface area contributed by atoms with E-state index in [0.29, 0.717) is 5.95 Å². The second-order valence-electron chi connectivity index (χ2n) is 2.85. The molecule has 0 amide bonds. The van der Waals surface area contributed by atoms with Crippen LogP contribution in [0.15, 0.2) is 28.7 Å². The highest BCUT2D eigenvalue weighted by Crippen LogP contribution is 2.15. The number of nitrogens with zero attached hydrogens (tertiary/aromatic N) is 2. The van der Waals surface area contributed by atoms with E-state index in [1.807, 2.05) is 12.1 Å². The summed E-state index contributed by atoms with van der Waals surface area (Å²) in [5.74, 6) is 0.363. The Kier molecular flexibility index (Phi) is 2.79. The van der Waals surface area contributed by atoms with Crippen LogP contribution in [-0.2, 0) is 6.42 Å². The normalized spacial score (nSPS) is 10.4. The number of nitrogen functional groups attached to an aromatic ring is 1. The van der Waals surface area contributed by atoms with Crippen molar-refractivity contribution in [1.29, 1.82) is 0 Å². The second-order valence-corrected chi connectivity index (χ2v) is 4.60. The molecule has 0 fully saturated rings. The smallest absolute Gasteiger partial charge is 0.232 e. The molecule has 0 aliphatic rings. The van der Waals surface area contributed by atoms with Crippen molar-refractivity contribution in [3.05, 3.63) is 39.3 Å². The van der Waals surface area contributed by atoms with Gasteiger partial charge in [-0.15, -0.1) is 0 Å². The minimum Gasteiger partial charge on any atom is -0.367 e. The van der Waals surface area contributed by atoms with Crippen molar-refractivity contribution in [2.75, 3.05) is 5.73 Å². The number of anilines is 1. The topological polar surface area (TPSA) is 51.8 Å². The van der Waals surface area contributed by atoms with E-state index in [9.17, 15) is 0 Å². The third kappa shape index (κ3) is 2.30. The van der Waals surface area contributed by atoms with E-state index in [4.69, 9.17) is 5.73 Å². The zero-order chi connectivity index (χ0) is 9.97. The summed E-state index contributed by atoms with van der Waals surface area (Å²) < 4.78 is 5.01. The molecule has 2 rings (SSSR count). The van der Waals surface area contributed by atoms with Gasteiger partial charge in [-0.2, -0.15) is 4.37 Å². The predicted octanol–water partition coefficient (Wildman–Crippen LogP) is 2.47. The molecule has 1 aromatic carbocycles. The summed E-state index contributed by atoms with van der Waals surface area (Å²) in [5, 5.41) is 0.949. The molecule has 0 atom stereocenters. The maximum atomic E-state index is 5.44. The lowest BCUT2D eigenvalue weighted by atomic mass is 10.2. The van der Waals surface area contributed by atoms with E-state index in [-0.39, 0.29) is 0 Å². The van der Waals surface area contributed by atoms with E-state index in [2.05, 4.69) is 37.4 Å². The van der Waals surface area contributed by atoms with Gasteiger partial charge in [-0.05, 0) is 29.2 Å². The highest BCUT2D eigenvalue weighted by atomic mass is 79.9. The van der Waals surface area contributed by atoms with Gasteiger partial charge in [-0.1, -0.05) is 28.1 Å². The maximum absolute atomic E-state index is 5.44. The molecule has 1 aromatic heterocycles. The molecular formula is C9H8BrN3S. The van der Waals surface area contributed by atoms with Crippen LogP contribution in [0.3, 0.4) is 0 Å². The maximum Gasteiger partial charge on any atom is 0.232 e. The Morgan fingerprint density at radius 2 is 2.00 bits per heavy atom. The van der Waals surface area contributed by atoms with Gasteiger partial charge in [0.2, 0.25) is 5.95 Å². The van der Waals surface area contributed by atoms with E-state index >= 15 is 0 Å². The third-order valence-electron chi connectivity index (χ3n) is 1.75. The molecule has 0 spiro atoms. The van der Waals surface area contributed by atoms with Crippen LogP contribution in [0.1, 0.15) is 10.6 Å². The molecule has 14 heavy (non-hydrogen) atoms. The van der Waals surface area contributed by atoms with Crippen LogP contribution in [0, 0.1) is 0 Å². The van der Waals surface area contributed by atoms with Crippen LogP contribution in [0.25, 0.3) is 0 Å². The molecule has 1 heterocycles. The summed E-state index contributed by atoms with van der Waals surface area (Å²) in [6.07, 6.45) is 0.794. The van der Waals surface area contributed by atoms with Gasteiger partial charge in [0.05, 0.1) is 0 Å². The minimum absolute atomic E-state index is 0.363. The SMILES string of the molecule is Nc1nsc(Cc2ccc(Br)cc2)n1. The molecule has 72 valence electrons. The fraction of sp³-hybridized carbons (Fsp3) is 0.111. The first kappa shape index (κ1) is 9.61. The molecule has 2 N–H and O–H groups in total. The fourth-order valence-corrected chi connectivity index (χ4v) is 1.99. The van der Waals surface area contributed by atoms with Gasteiger partial charge in [-0.3, -0.25) is 0 Å². The molecule has 0 saturated heterocycles. The minimum atomic E-state index is 0.363. The van der Waals surface area contributed by atoms with E-state index in [1.54, 1.807) is 0 Å². The first-order valence-corrected chi connectivity index (χ1v) is 5.63. The quantitative estimate of drug-likeness (QED) is 0.912. The molecule has 0 bridgehead atoms. The van der Waals surface area contributed by atoms with Gasteiger partial charge in [0, 0.05) is 10.9 Å². The average molecular weight is 270 g/mol. The third-order valence-corrected chi connectivity index (χ3v) is 3.01. The van der Waals surface area contributed by atoms with Crippen LogP contribution in [-0.4, -0.2) is 9.36 Å². The van der Waals surface area contributed by atoms with Crippen molar-refractivity contribution in [2.45, 2.75) is 6.42 Å². The van der Waals surface area contributed by atoms with Crippen LogP contribution in [0.5, 0.6) is 0 Å². The van der Waals surface area contributed by atoms with Gasteiger partial charge in [0.1, 0.15) is 5.01 Å². The van der Waals surface area contributed by atoms with Gasteiger partial charge >= 0.3 is 0 Å². The van der Waals surface area contributed by atoms with Gasteiger partial charge in [0.25, 0.3) is 0 Å².